The van der Waals surface area contributed by atoms with Crippen LogP contribution in [0.15, 0.2) is 24.3 Å². The molecule has 4 heteroatoms. The third-order valence-electron chi connectivity index (χ3n) is 3.57. The first-order chi connectivity index (χ1) is 9.55. The summed E-state index contributed by atoms with van der Waals surface area (Å²) in [5, 5.41) is 15.7. The van der Waals surface area contributed by atoms with Crippen LogP contribution in [0.5, 0.6) is 0 Å². The number of aliphatic hydroxyl groups excluding tert-OH is 1. The average Bonchev–Trinajstić information content (AvgIpc) is 2.80. The molecule has 0 saturated heterocycles. The summed E-state index contributed by atoms with van der Waals surface area (Å²) in [6.07, 6.45) is 0.957. The molecule has 108 valence electrons. The molecule has 0 bridgehead atoms. The predicted molar refractivity (Wildman–Crippen MR) is 82.1 cm³/mol. The lowest BCUT2D eigenvalue weighted by Gasteiger charge is -2.14. The number of aromatic nitrogens is 2. The minimum atomic E-state index is -0.529. The zero-order chi connectivity index (χ0) is 14.7. The normalized spacial score (nSPS) is 12.7. The van der Waals surface area contributed by atoms with E-state index in [0.29, 0.717) is 11.4 Å². The number of hydrogen-bond donors (Lipinski definition) is 1. The molecular weight excluding hydrogens is 272 g/mol. The fourth-order valence-electron chi connectivity index (χ4n) is 2.45. The molecule has 0 amide bonds. The number of aryl methyl sites for hydroxylation is 3. The predicted octanol–water partition coefficient (Wildman–Crippen LogP) is 3.70. The smallest absolute Gasteiger partial charge is 0.0847 e. The summed E-state index contributed by atoms with van der Waals surface area (Å²) in [5.41, 5.74) is 4.09. The molecule has 0 spiro atoms. The standard InChI is InChI=1S/C16H21ClN2O/c1-4-13-9-14(19(5-2)18-13)10-16(20)15-7-6-12(17)8-11(15)3/h6-9,16,20H,4-5,10H2,1-3H3. The van der Waals surface area contributed by atoms with E-state index in [4.69, 9.17) is 11.6 Å². The topological polar surface area (TPSA) is 38.0 Å². The molecule has 20 heavy (non-hydrogen) atoms. The van der Waals surface area contributed by atoms with E-state index in [1.54, 1.807) is 0 Å². The van der Waals surface area contributed by atoms with E-state index >= 15 is 0 Å². The summed E-state index contributed by atoms with van der Waals surface area (Å²) in [5.74, 6) is 0. The number of halogens is 1. The van der Waals surface area contributed by atoms with Crippen molar-refractivity contribution in [3.05, 3.63) is 51.8 Å². The summed E-state index contributed by atoms with van der Waals surface area (Å²) in [6.45, 7) is 6.95. The average molecular weight is 293 g/mol. The van der Waals surface area contributed by atoms with Gasteiger partial charge in [0.15, 0.2) is 0 Å². The van der Waals surface area contributed by atoms with Gasteiger partial charge in [-0.05, 0) is 49.6 Å². The van der Waals surface area contributed by atoms with Gasteiger partial charge < -0.3 is 5.11 Å². The Morgan fingerprint density at radius 2 is 2.05 bits per heavy atom. The molecule has 0 aliphatic rings. The van der Waals surface area contributed by atoms with E-state index < -0.39 is 6.10 Å². The van der Waals surface area contributed by atoms with Crippen molar-refractivity contribution in [1.82, 2.24) is 9.78 Å². The van der Waals surface area contributed by atoms with Crippen molar-refractivity contribution >= 4 is 11.6 Å². The Balaban J connectivity index is 2.22. The molecular formula is C16H21ClN2O. The fraction of sp³-hybridized carbons (Fsp3) is 0.438. The van der Waals surface area contributed by atoms with Crippen molar-refractivity contribution in [3.8, 4) is 0 Å². The van der Waals surface area contributed by atoms with E-state index in [-0.39, 0.29) is 0 Å². The van der Waals surface area contributed by atoms with Gasteiger partial charge >= 0.3 is 0 Å². The van der Waals surface area contributed by atoms with Gasteiger partial charge in [-0.25, -0.2) is 0 Å². The molecule has 1 unspecified atom stereocenters. The van der Waals surface area contributed by atoms with Crippen LogP contribution in [-0.2, 0) is 19.4 Å². The molecule has 0 aliphatic heterocycles. The fourth-order valence-corrected chi connectivity index (χ4v) is 2.67. The highest BCUT2D eigenvalue weighted by atomic mass is 35.5. The van der Waals surface area contributed by atoms with Gasteiger partial charge in [-0.1, -0.05) is 24.6 Å². The van der Waals surface area contributed by atoms with Crippen LogP contribution in [0, 0.1) is 6.92 Å². The van der Waals surface area contributed by atoms with Gasteiger partial charge in [0.25, 0.3) is 0 Å². The Bertz CT molecular complexity index is 592. The van der Waals surface area contributed by atoms with Crippen LogP contribution in [-0.4, -0.2) is 14.9 Å². The molecule has 0 radical (unpaired) electrons. The van der Waals surface area contributed by atoms with Crippen LogP contribution in [0.3, 0.4) is 0 Å². The lowest BCUT2D eigenvalue weighted by Crippen LogP contribution is -2.09. The Morgan fingerprint density at radius 1 is 1.30 bits per heavy atom. The van der Waals surface area contributed by atoms with E-state index in [2.05, 4.69) is 25.0 Å². The van der Waals surface area contributed by atoms with Crippen LogP contribution in [0.25, 0.3) is 0 Å². The molecule has 2 rings (SSSR count). The molecule has 3 nitrogen and oxygen atoms in total. The molecule has 1 atom stereocenters. The lowest BCUT2D eigenvalue weighted by molar-refractivity contribution is 0.174. The largest absolute Gasteiger partial charge is 0.388 e. The first-order valence-electron chi connectivity index (χ1n) is 7.04. The Hall–Kier alpha value is -1.32. The first kappa shape index (κ1) is 15.1. The summed E-state index contributed by atoms with van der Waals surface area (Å²) in [6, 6.07) is 7.68. The molecule has 1 aromatic carbocycles. The van der Waals surface area contributed by atoms with Crippen LogP contribution < -0.4 is 0 Å². The highest BCUT2D eigenvalue weighted by molar-refractivity contribution is 6.30. The number of hydrogen-bond acceptors (Lipinski definition) is 2. The molecule has 1 N–H and O–H groups in total. The summed E-state index contributed by atoms with van der Waals surface area (Å²) >= 11 is 5.96. The van der Waals surface area contributed by atoms with Crippen molar-refractivity contribution in [1.29, 1.82) is 0 Å². The first-order valence-corrected chi connectivity index (χ1v) is 7.42. The molecule has 0 saturated carbocycles. The summed E-state index contributed by atoms with van der Waals surface area (Å²) in [7, 11) is 0. The number of aliphatic hydroxyl groups is 1. The zero-order valence-electron chi connectivity index (χ0n) is 12.2. The van der Waals surface area contributed by atoms with Crippen LogP contribution in [0.1, 0.15) is 42.5 Å². The highest BCUT2D eigenvalue weighted by Gasteiger charge is 2.15. The van der Waals surface area contributed by atoms with Crippen molar-refractivity contribution in [3.63, 3.8) is 0 Å². The zero-order valence-corrected chi connectivity index (χ0v) is 13.0. The van der Waals surface area contributed by atoms with Crippen LogP contribution >= 0.6 is 11.6 Å². The van der Waals surface area contributed by atoms with Gasteiger partial charge in [0.1, 0.15) is 0 Å². The van der Waals surface area contributed by atoms with Crippen LogP contribution in [0.2, 0.25) is 5.02 Å². The van der Waals surface area contributed by atoms with Gasteiger partial charge in [-0.15, -0.1) is 0 Å². The maximum absolute atomic E-state index is 10.5. The van der Waals surface area contributed by atoms with E-state index in [0.717, 1.165) is 35.5 Å². The molecule has 1 heterocycles. The number of nitrogens with zero attached hydrogens (tertiary/aromatic N) is 2. The number of rotatable bonds is 5. The van der Waals surface area contributed by atoms with Gasteiger partial charge in [-0.3, -0.25) is 4.68 Å². The van der Waals surface area contributed by atoms with Crippen molar-refractivity contribution in [2.45, 2.75) is 46.3 Å². The van der Waals surface area contributed by atoms with Crippen molar-refractivity contribution < 1.29 is 5.11 Å². The molecule has 1 aromatic heterocycles. The second kappa shape index (κ2) is 6.42. The SMILES string of the molecule is CCc1cc(CC(O)c2ccc(Cl)cc2C)n(CC)n1. The minimum Gasteiger partial charge on any atom is -0.388 e. The Morgan fingerprint density at radius 3 is 2.65 bits per heavy atom. The maximum Gasteiger partial charge on any atom is 0.0847 e. The maximum atomic E-state index is 10.5. The Kier molecular flexibility index (Phi) is 4.84. The molecule has 0 aliphatic carbocycles. The van der Waals surface area contributed by atoms with Crippen LogP contribution in [0.4, 0.5) is 0 Å². The molecule has 2 aromatic rings. The number of benzene rings is 1. The molecule has 0 fully saturated rings. The summed E-state index contributed by atoms with van der Waals surface area (Å²) in [4.78, 5) is 0. The quantitative estimate of drug-likeness (QED) is 0.912. The van der Waals surface area contributed by atoms with E-state index in [1.807, 2.05) is 29.8 Å². The van der Waals surface area contributed by atoms with Crippen molar-refractivity contribution in [2.24, 2.45) is 0 Å². The second-order valence-electron chi connectivity index (χ2n) is 5.02. The Labute approximate surface area is 125 Å². The monoisotopic (exact) mass is 292 g/mol. The minimum absolute atomic E-state index is 0.529. The van der Waals surface area contributed by atoms with Gasteiger partial charge in [0.05, 0.1) is 11.8 Å². The van der Waals surface area contributed by atoms with Crippen molar-refractivity contribution in [2.75, 3.05) is 0 Å². The third kappa shape index (κ3) is 3.22. The summed E-state index contributed by atoms with van der Waals surface area (Å²) < 4.78 is 1.97. The lowest BCUT2D eigenvalue weighted by atomic mass is 10.00. The van der Waals surface area contributed by atoms with Gasteiger partial charge in [0.2, 0.25) is 0 Å². The van der Waals surface area contributed by atoms with E-state index in [1.165, 1.54) is 0 Å². The van der Waals surface area contributed by atoms with Gasteiger partial charge in [0, 0.05) is 23.7 Å². The third-order valence-corrected chi connectivity index (χ3v) is 3.80. The second-order valence-corrected chi connectivity index (χ2v) is 5.45. The van der Waals surface area contributed by atoms with Gasteiger partial charge in [-0.2, -0.15) is 5.10 Å². The van der Waals surface area contributed by atoms with E-state index in [9.17, 15) is 5.11 Å². The highest BCUT2D eigenvalue weighted by Crippen LogP contribution is 2.24.